The van der Waals surface area contributed by atoms with Crippen LogP contribution >= 0.6 is 0 Å². The number of nitrogens with zero attached hydrogens (tertiary/aromatic N) is 2. The molecule has 0 spiro atoms. The minimum atomic E-state index is -4.38. The van der Waals surface area contributed by atoms with Crippen LogP contribution < -0.4 is 0 Å². The molecule has 30 heavy (non-hydrogen) atoms. The van der Waals surface area contributed by atoms with Crippen molar-refractivity contribution >= 4 is 5.78 Å². The largest absolute Gasteiger partial charge is 0.416 e. The number of Topliss-reactive ketones (excluding diaryl/α,β-unsaturated/α-hetero) is 1. The molecule has 0 atom stereocenters. The summed E-state index contributed by atoms with van der Waals surface area (Å²) in [6, 6.07) is 6.78. The fourth-order valence-corrected chi connectivity index (χ4v) is 3.39. The summed E-state index contributed by atoms with van der Waals surface area (Å²) in [4.78, 5) is 12.6. The number of aryl methyl sites for hydroxylation is 1. The predicted molar refractivity (Wildman–Crippen MR) is 109 cm³/mol. The first kappa shape index (κ1) is 22.0. The second kappa shape index (κ2) is 8.22. The third-order valence-electron chi connectivity index (χ3n) is 5.09. The Bertz CT molecular complexity index is 951. The first-order valence-corrected chi connectivity index (χ1v) is 9.86. The number of alkyl halides is 3. The van der Waals surface area contributed by atoms with Gasteiger partial charge >= 0.3 is 6.18 Å². The van der Waals surface area contributed by atoms with E-state index in [2.05, 4.69) is 5.10 Å². The predicted octanol–water partition coefficient (Wildman–Crippen LogP) is 5.14. The van der Waals surface area contributed by atoms with E-state index in [0.717, 1.165) is 17.8 Å². The van der Waals surface area contributed by atoms with E-state index < -0.39 is 17.3 Å². The van der Waals surface area contributed by atoms with Crippen LogP contribution in [0.15, 0.2) is 54.6 Å². The second-order valence-corrected chi connectivity index (χ2v) is 8.07. The number of aromatic nitrogens is 2. The third kappa shape index (κ3) is 5.08. The van der Waals surface area contributed by atoms with Crippen molar-refractivity contribution in [2.24, 2.45) is 5.92 Å². The number of allylic oxidation sites excluding steroid dienone is 2. The highest BCUT2D eigenvalue weighted by atomic mass is 19.4. The molecule has 0 radical (unpaired) electrons. The zero-order chi connectivity index (χ0) is 22.1. The number of carbonyl (C=O) groups excluding carboxylic acids is 1. The molecule has 0 fully saturated rings. The summed E-state index contributed by atoms with van der Waals surface area (Å²) in [5.41, 5.74) is 0.296. The Labute approximate surface area is 173 Å². The second-order valence-electron chi connectivity index (χ2n) is 8.07. The van der Waals surface area contributed by atoms with Crippen molar-refractivity contribution in [3.8, 4) is 11.3 Å². The minimum Gasteiger partial charge on any atom is -0.382 e. The molecule has 7 heteroatoms. The molecule has 0 saturated carbocycles. The van der Waals surface area contributed by atoms with E-state index in [1.54, 1.807) is 35.9 Å². The van der Waals surface area contributed by atoms with Gasteiger partial charge in [0, 0.05) is 23.7 Å². The van der Waals surface area contributed by atoms with Gasteiger partial charge in [0.15, 0.2) is 0 Å². The van der Waals surface area contributed by atoms with Crippen molar-refractivity contribution in [2.45, 2.75) is 51.4 Å². The zero-order valence-corrected chi connectivity index (χ0v) is 17.1. The Morgan fingerprint density at radius 3 is 2.33 bits per heavy atom. The highest BCUT2D eigenvalue weighted by Crippen LogP contribution is 2.31. The van der Waals surface area contributed by atoms with Crippen LogP contribution in [0.2, 0.25) is 0 Å². The van der Waals surface area contributed by atoms with Gasteiger partial charge in [-0.15, -0.1) is 0 Å². The fourth-order valence-electron chi connectivity index (χ4n) is 3.39. The fraction of sp³-hybridized carbons (Fsp3) is 0.391. The van der Waals surface area contributed by atoms with Gasteiger partial charge in [-0.25, -0.2) is 0 Å². The van der Waals surface area contributed by atoms with E-state index >= 15 is 0 Å². The van der Waals surface area contributed by atoms with Crippen LogP contribution in [-0.4, -0.2) is 26.3 Å². The molecule has 2 aromatic rings. The SMILES string of the molecule is CC(C)n1nc(-c2ccc(C(F)(F)F)cc2)cc1CCC(=O)C1C=CC(C)(O)C=C1. The molecule has 1 aliphatic rings. The van der Waals surface area contributed by atoms with Gasteiger partial charge in [-0.05, 0) is 45.4 Å². The molecule has 0 bridgehead atoms. The number of aliphatic hydroxyl groups is 1. The summed E-state index contributed by atoms with van der Waals surface area (Å²) in [5.74, 6) is -0.333. The molecule has 1 aromatic heterocycles. The van der Waals surface area contributed by atoms with Gasteiger partial charge < -0.3 is 5.11 Å². The van der Waals surface area contributed by atoms with E-state index in [1.165, 1.54) is 12.1 Å². The summed E-state index contributed by atoms with van der Waals surface area (Å²) in [5, 5.41) is 14.4. The molecule has 1 N–H and O–H groups in total. The van der Waals surface area contributed by atoms with Crippen molar-refractivity contribution in [2.75, 3.05) is 0 Å². The van der Waals surface area contributed by atoms with Crippen LogP contribution in [0.4, 0.5) is 13.2 Å². The van der Waals surface area contributed by atoms with Crippen molar-refractivity contribution in [1.29, 1.82) is 0 Å². The lowest BCUT2D eigenvalue weighted by atomic mass is 9.90. The Kier molecular flexibility index (Phi) is 6.04. The Hall–Kier alpha value is -2.67. The summed E-state index contributed by atoms with van der Waals surface area (Å²) >= 11 is 0. The number of ketones is 1. The van der Waals surface area contributed by atoms with E-state index in [9.17, 15) is 23.1 Å². The molecular formula is C23H25F3N2O2. The zero-order valence-electron chi connectivity index (χ0n) is 17.1. The van der Waals surface area contributed by atoms with E-state index in [1.807, 2.05) is 19.9 Å². The van der Waals surface area contributed by atoms with Crippen molar-refractivity contribution in [1.82, 2.24) is 9.78 Å². The third-order valence-corrected chi connectivity index (χ3v) is 5.09. The van der Waals surface area contributed by atoms with Gasteiger partial charge in [0.05, 0.1) is 22.8 Å². The Balaban J connectivity index is 1.75. The average Bonchev–Trinajstić information content (AvgIpc) is 3.10. The lowest BCUT2D eigenvalue weighted by Gasteiger charge is -2.20. The molecule has 4 nitrogen and oxygen atoms in total. The normalized spacial score (nSPS) is 21.4. The molecule has 0 saturated heterocycles. The quantitative estimate of drug-likeness (QED) is 0.661. The Morgan fingerprint density at radius 1 is 1.20 bits per heavy atom. The smallest absolute Gasteiger partial charge is 0.382 e. The van der Waals surface area contributed by atoms with Gasteiger partial charge in [-0.2, -0.15) is 18.3 Å². The molecule has 1 aromatic carbocycles. The van der Waals surface area contributed by atoms with E-state index in [0.29, 0.717) is 24.1 Å². The van der Waals surface area contributed by atoms with Crippen LogP contribution in [0.3, 0.4) is 0 Å². The monoisotopic (exact) mass is 418 g/mol. The van der Waals surface area contributed by atoms with Crippen LogP contribution in [0.1, 0.15) is 44.5 Å². The molecule has 0 unspecified atom stereocenters. The highest BCUT2D eigenvalue weighted by molar-refractivity contribution is 5.85. The number of carbonyl (C=O) groups is 1. The van der Waals surface area contributed by atoms with Crippen molar-refractivity contribution in [3.63, 3.8) is 0 Å². The molecule has 1 heterocycles. The van der Waals surface area contributed by atoms with Gasteiger partial charge in [-0.1, -0.05) is 36.4 Å². The highest BCUT2D eigenvalue weighted by Gasteiger charge is 2.30. The van der Waals surface area contributed by atoms with Crippen LogP contribution in [-0.2, 0) is 17.4 Å². The first-order chi connectivity index (χ1) is 14.0. The molecule has 3 rings (SSSR count). The maximum Gasteiger partial charge on any atom is 0.416 e. The van der Waals surface area contributed by atoms with E-state index in [4.69, 9.17) is 0 Å². The summed E-state index contributed by atoms with van der Waals surface area (Å²) in [7, 11) is 0. The summed E-state index contributed by atoms with van der Waals surface area (Å²) in [6.45, 7) is 5.57. The summed E-state index contributed by atoms with van der Waals surface area (Å²) in [6.07, 6.45) is 3.01. The van der Waals surface area contributed by atoms with Crippen LogP contribution in [0.25, 0.3) is 11.3 Å². The number of halogens is 3. The number of hydrogen-bond acceptors (Lipinski definition) is 3. The molecule has 1 aliphatic carbocycles. The van der Waals surface area contributed by atoms with E-state index in [-0.39, 0.29) is 17.7 Å². The summed E-state index contributed by atoms with van der Waals surface area (Å²) < 4.78 is 40.2. The van der Waals surface area contributed by atoms with Crippen LogP contribution in [0.5, 0.6) is 0 Å². The van der Waals surface area contributed by atoms with Gasteiger partial charge in [-0.3, -0.25) is 9.48 Å². The number of benzene rings is 1. The van der Waals surface area contributed by atoms with Gasteiger partial charge in [0.2, 0.25) is 0 Å². The standard InChI is InChI=1S/C23H25F3N2O2/c1-15(2)28-19(8-9-21(29)17-10-12-22(3,30)13-11-17)14-20(27-28)16-4-6-18(7-5-16)23(24,25)26/h4-7,10-15,17,30H,8-9H2,1-3H3. The number of hydrogen-bond donors (Lipinski definition) is 1. The topological polar surface area (TPSA) is 55.1 Å². The maximum atomic E-state index is 12.8. The molecule has 160 valence electrons. The lowest BCUT2D eigenvalue weighted by Crippen LogP contribution is -2.23. The maximum absolute atomic E-state index is 12.8. The van der Waals surface area contributed by atoms with Crippen LogP contribution in [0, 0.1) is 5.92 Å². The molecular weight excluding hydrogens is 393 g/mol. The number of rotatable bonds is 6. The van der Waals surface area contributed by atoms with Gasteiger partial charge in [0.1, 0.15) is 5.78 Å². The minimum absolute atomic E-state index is 0.0330. The average molecular weight is 418 g/mol. The first-order valence-electron chi connectivity index (χ1n) is 9.86. The molecule has 0 aliphatic heterocycles. The Morgan fingerprint density at radius 2 is 1.80 bits per heavy atom. The van der Waals surface area contributed by atoms with Crippen molar-refractivity contribution < 1.29 is 23.1 Å². The van der Waals surface area contributed by atoms with Gasteiger partial charge in [0.25, 0.3) is 0 Å². The lowest BCUT2D eigenvalue weighted by molar-refractivity contribution is -0.137. The van der Waals surface area contributed by atoms with Crippen molar-refractivity contribution in [3.05, 3.63) is 65.9 Å². The molecule has 0 amide bonds.